The third kappa shape index (κ3) is 2.60. The van der Waals surface area contributed by atoms with E-state index >= 15 is 0 Å². The number of hydrogen-bond donors (Lipinski definition) is 2. The van der Waals surface area contributed by atoms with E-state index in [2.05, 4.69) is 20.5 Å². The van der Waals surface area contributed by atoms with Gasteiger partial charge in [0.25, 0.3) is 5.91 Å². The van der Waals surface area contributed by atoms with Gasteiger partial charge in [0.05, 0.1) is 29.5 Å². The van der Waals surface area contributed by atoms with Gasteiger partial charge in [-0.25, -0.2) is 4.98 Å². The van der Waals surface area contributed by atoms with Crippen LogP contribution >= 0.6 is 0 Å². The van der Waals surface area contributed by atoms with Gasteiger partial charge in [-0.2, -0.15) is 5.10 Å². The topological polar surface area (TPSA) is 75.6 Å². The van der Waals surface area contributed by atoms with Crippen molar-refractivity contribution >= 4 is 11.6 Å². The predicted molar refractivity (Wildman–Crippen MR) is 91.6 cm³/mol. The number of nitrogens with zero attached hydrogens (tertiary/aromatic N) is 3. The van der Waals surface area contributed by atoms with Gasteiger partial charge in [-0.1, -0.05) is 0 Å². The van der Waals surface area contributed by atoms with Crippen molar-refractivity contribution in [2.75, 3.05) is 5.32 Å². The zero-order valence-electron chi connectivity index (χ0n) is 13.7. The molecule has 0 atom stereocenters. The molecule has 3 aromatic rings. The molecule has 6 nitrogen and oxygen atoms in total. The minimum absolute atomic E-state index is 0.118. The fourth-order valence-corrected chi connectivity index (χ4v) is 2.82. The molecule has 2 N–H and O–H groups in total. The van der Waals surface area contributed by atoms with E-state index in [1.807, 2.05) is 49.0 Å². The Morgan fingerprint density at radius 3 is 2.62 bits per heavy atom. The normalized spacial score (nSPS) is 13.9. The van der Waals surface area contributed by atoms with Crippen LogP contribution in [0.4, 0.5) is 5.69 Å². The van der Waals surface area contributed by atoms with Crippen molar-refractivity contribution in [1.29, 1.82) is 0 Å². The molecular formula is C18H19N5O. The zero-order valence-corrected chi connectivity index (χ0v) is 13.7. The monoisotopic (exact) mass is 321 g/mol. The number of anilines is 1. The molecule has 1 fully saturated rings. The molecule has 0 aliphatic heterocycles. The lowest BCUT2D eigenvalue weighted by Gasteiger charge is -2.08. The van der Waals surface area contributed by atoms with Gasteiger partial charge in [-0.15, -0.1) is 0 Å². The molecule has 1 saturated carbocycles. The molecule has 0 unspecified atom stereocenters. The fourth-order valence-electron chi connectivity index (χ4n) is 2.82. The number of imidazole rings is 1. The maximum atomic E-state index is 12.5. The zero-order chi connectivity index (χ0) is 16.7. The molecule has 2 heterocycles. The maximum absolute atomic E-state index is 12.5. The Kier molecular flexibility index (Phi) is 3.45. The first kappa shape index (κ1) is 14.7. The second kappa shape index (κ2) is 5.63. The van der Waals surface area contributed by atoms with E-state index in [9.17, 15) is 4.79 Å². The van der Waals surface area contributed by atoms with Crippen molar-refractivity contribution < 1.29 is 4.79 Å². The van der Waals surface area contributed by atoms with Gasteiger partial charge in [-0.3, -0.25) is 9.89 Å². The first-order valence-electron chi connectivity index (χ1n) is 8.09. The summed E-state index contributed by atoms with van der Waals surface area (Å²) >= 11 is 0. The Balaban J connectivity index is 1.52. The molecule has 4 rings (SSSR count). The maximum Gasteiger partial charge on any atom is 0.259 e. The number of hydrogen-bond acceptors (Lipinski definition) is 3. The van der Waals surface area contributed by atoms with Gasteiger partial charge < -0.3 is 9.88 Å². The molecule has 122 valence electrons. The number of aromatic amines is 1. The number of rotatable bonds is 4. The number of nitrogens with one attached hydrogen (secondary N) is 2. The highest BCUT2D eigenvalue weighted by Gasteiger charge is 2.29. The van der Waals surface area contributed by atoms with Crippen LogP contribution in [0.15, 0.2) is 36.8 Å². The molecule has 0 saturated heterocycles. The molecule has 0 spiro atoms. The van der Waals surface area contributed by atoms with E-state index in [1.54, 1.807) is 6.20 Å². The molecule has 1 aliphatic carbocycles. The second-order valence-electron chi connectivity index (χ2n) is 6.26. The average molecular weight is 321 g/mol. The van der Waals surface area contributed by atoms with Gasteiger partial charge in [0.1, 0.15) is 0 Å². The SMILES string of the molecule is Cc1ncn(-c2ccc(NC(=O)c3cn[nH]c3C3CC3)cc2)c1C. The summed E-state index contributed by atoms with van der Waals surface area (Å²) in [5, 5.41) is 9.91. The van der Waals surface area contributed by atoms with Crippen LogP contribution in [0.1, 0.15) is 46.2 Å². The molecule has 0 bridgehead atoms. The van der Waals surface area contributed by atoms with Crippen LogP contribution in [0.25, 0.3) is 5.69 Å². The highest BCUT2D eigenvalue weighted by atomic mass is 16.1. The molecular weight excluding hydrogens is 302 g/mol. The van der Waals surface area contributed by atoms with Crippen molar-refractivity contribution in [3.8, 4) is 5.69 Å². The second-order valence-corrected chi connectivity index (χ2v) is 6.26. The molecule has 2 aromatic heterocycles. The van der Waals surface area contributed by atoms with Gasteiger partial charge >= 0.3 is 0 Å². The Labute approximate surface area is 139 Å². The highest BCUT2D eigenvalue weighted by molar-refractivity contribution is 6.05. The number of carbonyl (C=O) groups is 1. The minimum atomic E-state index is -0.118. The van der Waals surface area contributed by atoms with Crippen molar-refractivity contribution in [2.45, 2.75) is 32.6 Å². The highest BCUT2D eigenvalue weighted by Crippen LogP contribution is 2.40. The summed E-state index contributed by atoms with van der Waals surface area (Å²) in [6.07, 6.45) is 5.67. The molecule has 6 heteroatoms. The molecule has 1 aliphatic rings. The average Bonchev–Trinajstić information content (AvgIpc) is 3.22. The summed E-state index contributed by atoms with van der Waals surface area (Å²) in [5.41, 5.74) is 5.50. The smallest absolute Gasteiger partial charge is 0.259 e. The number of aromatic nitrogens is 4. The van der Waals surface area contributed by atoms with Crippen LogP contribution in [0.3, 0.4) is 0 Å². The van der Waals surface area contributed by atoms with Crippen LogP contribution in [0, 0.1) is 13.8 Å². The lowest BCUT2D eigenvalue weighted by molar-refractivity contribution is 0.102. The summed E-state index contributed by atoms with van der Waals surface area (Å²) in [5.74, 6) is 0.344. The predicted octanol–water partition coefficient (Wildman–Crippen LogP) is 3.34. The Morgan fingerprint density at radius 2 is 2.00 bits per heavy atom. The Morgan fingerprint density at radius 1 is 1.25 bits per heavy atom. The summed E-state index contributed by atoms with van der Waals surface area (Å²) in [7, 11) is 0. The summed E-state index contributed by atoms with van der Waals surface area (Å²) in [4.78, 5) is 16.8. The van der Waals surface area contributed by atoms with Crippen molar-refractivity contribution in [1.82, 2.24) is 19.7 Å². The van der Waals surface area contributed by atoms with E-state index in [0.717, 1.165) is 41.3 Å². The Bertz CT molecular complexity index is 887. The van der Waals surface area contributed by atoms with E-state index in [1.165, 1.54) is 0 Å². The van der Waals surface area contributed by atoms with Gasteiger partial charge in [-0.05, 0) is 51.0 Å². The van der Waals surface area contributed by atoms with E-state index in [4.69, 9.17) is 0 Å². The van der Waals surface area contributed by atoms with Crippen molar-refractivity contribution in [2.24, 2.45) is 0 Å². The molecule has 24 heavy (non-hydrogen) atoms. The van der Waals surface area contributed by atoms with Crippen LogP contribution in [-0.4, -0.2) is 25.7 Å². The third-order valence-electron chi connectivity index (χ3n) is 4.55. The quantitative estimate of drug-likeness (QED) is 0.774. The first-order chi connectivity index (χ1) is 11.6. The van der Waals surface area contributed by atoms with Crippen LogP contribution in [-0.2, 0) is 0 Å². The lowest BCUT2D eigenvalue weighted by atomic mass is 10.1. The number of amides is 1. The third-order valence-corrected chi connectivity index (χ3v) is 4.55. The molecule has 1 aromatic carbocycles. The van der Waals surface area contributed by atoms with Crippen LogP contribution in [0.5, 0.6) is 0 Å². The standard InChI is InChI=1S/C18H19N5O/c1-11-12(2)23(10-19-11)15-7-5-14(6-8-15)21-18(24)16-9-20-22-17(16)13-3-4-13/h5-10,13H,3-4H2,1-2H3,(H,20,22)(H,21,24). The number of benzene rings is 1. The van der Waals surface area contributed by atoms with E-state index in [0.29, 0.717) is 11.5 Å². The summed E-state index contributed by atoms with van der Waals surface area (Å²) in [6.45, 7) is 4.03. The van der Waals surface area contributed by atoms with Crippen molar-refractivity contribution in [3.05, 3.63) is 59.4 Å². The first-order valence-corrected chi connectivity index (χ1v) is 8.09. The van der Waals surface area contributed by atoms with Crippen molar-refractivity contribution in [3.63, 3.8) is 0 Å². The number of aryl methyl sites for hydroxylation is 1. The lowest BCUT2D eigenvalue weighted by Crippen LogP contribution is -2.13. The van der Waals surface area contributed by atoms with Crippen LogP contribution in [0.2, 0.25) is 0 Å². The van der Waals surface area contributed by atoms with E-state index < -0.39 is 0 Å². The largest absolute Gasteiger partial charge is 0.322 e. The van der Waals surface area contributed by atoms with Gasteiger partial charge in [0.15, 0.2) is 0 Å². The summed E-state index contributed by atoms with van der Waals surface area (Å²) in [6, 6.07) is 7.75. The Hall–Kier alpha value is -2.89. The fraction of sp³-hybridized carbons (Fsp3) is 0.278. The van der Waals surface area contributed by atoms with Crippen LogP contribution < -0.4 is 5.32 Å². The van der Waals surface area contributed by atoms with E-state index in [-0.39, 0.29) is 5.91 Å². The van der Waals surface area contributed by atoms with Gasteiger partial charge in [0.2, 0.25) is 0 Å². The van der Waals surface area contributed by atoms with Gasteiger partial charge in [0, 0.05) is 23.0 Å². The molecule has 0 radical (unpaired) electrons. The number of H-pyrrole nitrogens is 1. The summed E-state index contributed by atoms with van der Waals surface area (Å²) < 4.78 is 2.03. The molecule has 1 amide bonds. The minimum Gasteiger partial charge on any atom is -0.322 e. The number of carbonyl (C=O) groups excluding carboxylic acids is 1.